The molecule has 0 spiro atoms. The Balaban J connectivity index is 1.74. The number of benzene rings is 1. The van der Waals surface area contributed by atoms with Crippen molar-refractivity contribution in [2.24, 2.45) is 0 Å². The van der Waals surface area contributed by atoms with Crippen molar-refractivity contribution in [2.75, 3.05) is 25.5 Å². The van der Waals surface area contributed by atoms with Crippen molar-refractivity contribution in [1.82, 2.24) is 10.2 Å². The van der Waals surface area contributed by atoms with Gasteiger partial charge in [-0.05, 0) is 56.6 Å². The monoisotopic (exact) mass is 259 g/mol. The van der Waals surface area contributed by atoms with Crippen LogP contribution in [0.5, 0.6) is 0 Å². The molecule has 2 N–H and O–H groups in total. The Morgan fingerprint density at radius 2 is 2.21 bits per heavy atom. The number of rotatable bonds is 2. The molecule has 1 aromatic carbocycles. The van der Waals surface area contributed by atoms with Gasteiger partial charge in [0.25, 0.3) is 0 Å². The van der Waals surface area contributed by atoms with Crippen LogP contribution in [0.2, 0.25) is 0 Å². The summed E-state index contributed by atoms with van der Waals surface area (Å²) in [5, 5.41) is 6.22. The van der Waals surface area contributed by atoms with Crippen LogP contribution in [0, 0.1) is 0 Å². The average molecular weight is 259 g/mol. The van der Waals surface area contributed by atoms with E-state index in [1.54, 1.807) is 0 Å². The molecule has 2 aliphatic heterocycles. The highest BCUT2D eigenvalue weighted by Crippen LogP contribution is 2.24. The first-order valence-electron chi connectivity index (χ1n) is 6.94. The van der Waals surface area contributed by atoms with Crippen LogP contribution < -0.4 is 10.6 Å². The number of anilines is 1. The SMILES string of the molecule is CN1CCc2cc(NC(=O)C3(C)CCN3)ccc2C1. The van der Waals surface area contributed by atoms with Gasteiger partial charge in [-0.2, -0.15) is 0 Å². The molecule has 0 radical (unpaired) electrons. The topological polar surface area (TPSA) is 44.4 Å². The molecule has 0 saturated carbocycles. The number of fused-ring (bicyclic) bond motifs is 1. The number of nitrogens with zero attached hydrogens (tertiary/aromatic N) is 1. The summed E-state index contributed by atoms with van der Waals surface area (Å²) in [6, 6.07) is 6.28. The molecule has 2 heterocycles. The Labute approximate surface area is 114 Å². The molecular weight excluding hydrogens is 238 g/mol. The van der Waals surface area contributed by atoms with Crippen molar-refractivity contribution in [1.29, 1.82) is 0 Å². The number of likely N-dealkylation sites (N-methyl/N-ethyl adjacent to an activating group) is 1. The minimum atomic E-state index is -0.379. The van der Waals surface area contributed by atoms with E-state index in [2.05, 4.69) is 34.7 Å². The van der Waals surface area contributed by atoms with E-state index in [-0.39, 0.29) is 11.4 Å². The summed E-state index contributed by atoms with van der Waals surface area (Å²) in [7, 11) is 2.14. The van der Waals surface area contributed by atoms with Gasteiger partial charge in [0, 0.05) is 18.8 Å². The van der Waals surface area contributed by atoms with Crippen molar-refractivity contribution in [2.45, 2.75) is 31.8 Å². The van der Waals surface area contributed by atoms with E-state index in [0.717, 1.165) is 38.2 Å². The average Bonchev–Trinajstić information content (AvgIpc) is 2.36. The highest BCUT2D eigenvalue weighted by atomic mass is 16.2. The maximum atomic E-state index is 12.2. The number of amides is 1. The van der Waals surface area contributed by atoms with E-state index >= 15 is 0 Å². The zero-order chi connectivity index (χ0) is 13.5. The third-order valence-corrected chi connectivity index (χ3v) is 4.31. The summed E-state index contributed by atoms with van der Waals surface area (Å²) in [4.78, 5) is 14.5. The Hall–Kier alpha value is -1.39. The van der Waals surface area contributed by atoms with Gasteiger partial charge in [0.05, 0.1) is 5.54 Å². The molecule has 1 amide bonds. The van der Waals surface area contributed by atoms with E-state index in [0.29, 0.717) is 0 Å². The van der Waals surface area contributed by atoms with Crippen molar-refractivity contribution >= 4 is 11.6 Å². The van der Waals surface area contributed by atoms with Crippen LogP contribution in [-0.4, -0.2) is 36.5 Å². The molecular formula is C15H21N3O. The highest BCUT2D eigenvalue weighted by molar-refractivity contribution is 5.98. The molecule has 2 aliphatic rings. The summed E-state index contributed by atoms with van der Waals surface area (Å²) in [5.74, 6) is 0.0756. The van der Waals surface area contributed by atoms with Crippen LogP contribution >= 0.6 is 0 Å². The second-order valence-electron chi connectivity index (χ2n) is 5.93. The van der Waals surface area contributed by atoms with E-state index in [4.69, 9.17) is 0 Å². The smallest absolute Gasteiger partial charge is 0.244 e. The minimum Gasteiger partial charge on any atom is -0.324 e. The molecule has 3 rings (SSSR count). The van der Waals surface area contributed by atoms with Gasteiger partial charge in [0.1, 0.15) is 0 Å². The molecule has 4 nitrogen and oxygen atoms in total. The molecule has 1 fully saturated rings. The number of hydrogen-bond donors (Lipinski definition) is 2. The second kappa shape index (κ2) is 4.62. The maximum Gasteiger partial charge on any atom is 0.244 e. The molecule has 1 atom stereocenters. The fourth-order valence-corrected chi connectivity index (χ4v) is 2.73. The van der Waals surface area contributed by atoms with Crippen molar-refractivity contribution in [3.8, 4) is 0 Å². The van der Waals surface area contributed by atoms with E-state index in [9.17, 15) is 4.79 Å². The summed E-state index contributed by atoms with van der Waals surface area (Å²) >= 11 is 0. The van der Waals surface area contributed by atoms with E-state index in [1.807, 2.05) is 13.0 Å². The molecule has 1 aromatic rings. The first kappa shape index (κ1) is 12.6. The molecule has 1 unspecified atom stereocenters. The predicted molar refractivity (Wildman–Crippen MR) is 76.1 cm³/mol. The second-order valence-corrected chi connectivity index (χ2v) is 5.93. The van der Waals surface area contributed by atoms with E-state index < -0.39 is 0 Å². The first-order chi connectivity index (χ1) is 9.07. The largest absolute Gasteiger partial charge is 0.324 e. The highest BCUT2D eigenvalue weighted by Gasteiger charge is 2.38. The molecule has 4 heteroatoms. The molecule has 0 bridgehead atoms. The quantitative estimate of drug-likeness (QED) is 0.843. The lowest BCUT2D eigenvalue weighted by molar-refractivity contribution is -0.124. The maximum absolute atomic E-state index is 12.2. The summed E-state index contributed by atoms with van der Waals surface area (Å²) < 4.78 is 0. The Kier molecular flexibility index (Phi) is 3.07. The fraction of sp³-hybridized carbons (Fsp3) is 0.533. The third kappa shape index (κ3) is 2.38. The molecule has 0 aromatic heterocycles. The van der Waals surface area contributed by atoms with Gasteiger partial charge in [-0.25, -0.2) is 0 Å². The first-order valence-corrected chi connectivity index (χ1v) is 6.94. The van der Waals surface area contributed by atoms with Crippen molar-refractivity contribution < 1.29 is 4.79 Å². The van der Waals surface area contributed by atoms with Gasteiger partial charge in [0.15, 0.2) is 0 Å². The Morgan fingerprint density at radius 3 is 2.89 bits per heavy atom. The lowest BCUT2D eigenvalue weighted by atomic mass is 9.89. The van der Waals surface area contributed by atoms with Gasteiger partial charge in [-0.15, -0.1) is 0 Å². The molecule has 102 valence electrons. The molecule has 0 aliphatic carbocycles. The lowest BCUT2D eigenvalue weighted by Gasteiger charge is -2.38. The predicted octanol–water partition coefficient (Wildman–Crippen LogP) is 1.36. The minimum absolute atomic E-state index is 0.0756. The zero-order valence-corrected chi connectivity index (χ0v) is 11.6. The standard InChI is InChI=1S/C15H21N3O/c1-15(6-7-16-15)14(19)17-13-4-3-12-10-18(2)8-5-11(12)9-13/h3-4,9,16H,5-8,10H2,1-2H3,(H,17,19). The summed E-state index contributed by atoms with van der Waals surface area (Å²) in [5.41, 5.74) is 3.28. The lowest BCUT2D eigenvalue weighted by Crippen LogP contribution is -2.61. The summed E-state index contributed by atoms with van der Waals surface area (Å²) in [6.45, 7) is 4.98. The number of carbonyl (C=O) groups excluding carboxylic acids is 1. The van der Waals surface area contributed by atoms with E-state index in [1.165, 1.54) is 11.1 Å². The summed E-state index contributed by atoms with van der Waals surface area (Å²) in [6.07, 6.45) is 1.97. The number of nitrogens with one attached hydrogen (secondary N) is 2. The van der Waals surface area contributed by atoms with Gasteiger partial charge in [-0.1, -0.05) is 6.07 Å². The Morgan fingerprint density at radius 1 is 1.42 bits per heavy atom. The van der Waals surface area contributed by atoms with Gasteiger partial charge in [-0.3, -0.25) is 4.79 Å². The molecule has 1 saturated heterocycles. The van der Waals surface area contributed by atoms with Crippen LogP contribution in [0.4, 0.5) is 5.69 Å². The van der Waals surface area contributed by atoms with Gasteiger partial charge in [0.2, 0.25) is 5.91 Å². The number of hydrogen-bond acceptors (Lipinski definition) is 3. The van der Waals surface area contributed by atoms with Crippen molar-refractivity contribution in [3.63, 3.8) is 0 Å². The van der Waals surface area contributed by atoms with Crippen LogP contribution in [0.3, 0.4) is 0 Å². The molecule has 19 heavy (non-hydrogen) atoms. The van der Waals surface area contributed by atoms with Gasteiger partial charge >= 0.3 is 0 Å². The van der Waals surface area contributed by atoms with Crippen LogP contribution in [-0.2, 0) is 17.8 Å². The number of carbonyl (C=O) groups is 1. The fourth-order valence-electron chi connectivity index (χ4n) is 2.73. The Bertz CT molecular complexity index is 508. The normalized spacial score (nSPS) is 26.4. The zero-order valence-electron chi connectivity index (χ0n) is 11.6. The van der Waals surface area contributed by atoms with Crippen LogP contribution in [0.25, 0.3) is 0 Å². The van der Waals surface area contributed by atoms with Gasteiger partial charge < -0.3 is 15.5 Å². The van der Waals surface area contributed by atoms with Crippen LogP contribution in [0.1, 0.15) is 24.5 Å². The third-order valence-electron chi connectivity index (χ3n) is 4.31. The van der Waals surface area contributed by atoms with Crippen LogP contribution in [0.15, 0.2) is 18.2 Å². The van der Waals surface area contributed by atoms with Crippen molar-refractivity contribution in [3.05, 3.63) is 29.3 Å².